The van der Waals surface area contributed by atoms with Crippen molar-refractivity contribution in [2.75, 3.05) is 25.5 Å². The highest BCUT2D eigenvalue weighted by atomic mass is 16.2. The van der Waals surface area contributed by atoms with Crippen LogP contribution in [0.2, 0.25) is 0 Å². The van der Waals surface area contributed by atoms with E-state index in [0.29, 0.717) is 23.4 Å². The predicted molar refractivity (Wildman–Crippen MR) is 125 cm³/mol. The first kappa shape index (κ1) is 21.5. The van der Waals surface area contributed by atoms with E-state index in [-0.39, 0.29) is 18.0 Å². The van der Waals surface area contributed by atoms with E-state index >= 15 is 0 Å². The minimum atomic E-state index is -0.250. The second-order valence-electron chi connectivity index (χ2n) is 8.05. The van der Waals surface area contributed by atoms with Crippen LogP contribution in [-0.4, -0.2) is 51.2 Å². The maximum Gasteiger partial charge on any atom is 0.262 e. The zero-order valence-electron chi connectivity index (χ0n) is 18.7. The van der Waals surface area contributed by atoms with E-state index in [4.69, 9.17) is 0 Å². The predicted octanol–water partition coefficient (Wildman–Crippen LogP) is 2.82. The number of anilines is 1. The number of aryl methyl sites for hydroxylation is 2. The standard InChI is InChI=1S/C24H26N6O2/c1-16-9-11-18(12-10-16)30-23-19(13-25-30)24(32)27-21(26-23)14-28(3)15-22(31)29(4)20-8-6-5-7-17(20)2/h5-13H,14-15H2,1-4H3,(H,26,27,32). The monoisotopic (exact) mass is 430 g/mol. The maximum atomic E-state index is 12.8. The lowest BCUT2D eigenvalue weighted by Crippen LogP contribution is -2.37. The molecule has 2 aromatic carbocycles. The van der Waals surface area contributed by atoms with Crippen LogP contribution in [0.25, 0.3) is 16.7 Å². The van der Waals surface area contributed by atoms with Gasteiger partial charge in [0.05, 0.1) is 25.0 Å². The number of hydrogen-bond acceptors (Lipinski definition) is 5. The molecule has 0 spiro atoms. The van der Waals surface area contributed by atoms with Gasteiger partial charge in [-0.15, -0.1) is 0 Å². The molecule has 8 heteroatoms. The molecule has 1 N–H and O–H groups in total. The molecule has 0 unspecified atom stereocenters. The van der Waals surface area contributed by atoms with Gasteiger partial charge in [-0.05, 0) is 44.7 Å². The largest absolute Gasteiger partial charge is 0.314 e. The molecule has 0 bridgehead atoms. The number of nitrogens with zero attached hydrogens (tertiary/aromatic N) is 5. The zero-order valence-corrected chi connectivity index (χ0v) is 18.7. The molecule has 0 saturated carbocycles. The fourth-order valence-corrected chi connectivity index (χ4v) is 3.64. The summed E-state index contributed by atoms with van der Waals surface area (Å²) < 4.78 is 1.66. The van der Waals surface area contributed by atoms with E-state index < -0.39 is 0 Å². The zero-order chi connectivity index (χ0) is 22.8. The summed E-state index contributed by atoms with van der Waals surface area (Å²) in [4.78, 5) is 36.3. The number of rotatable bonds is 6. The SMILES string of the molecule is Cc1ccc(-n2ncc3c(=O)[nH]c(CN(C)CC(=O)N(C)c4ccccc4C)nc32)cc1. The van der Waals surface area contributed by atoms with E-state index in [0.717, 1.165) is 22.5 Å². The molecule has 2 heterocycles. The van der Waals surface area contributed by atoms with Crippen molar-refractivity contribution < 1.29 is 4.79 Å². The number of para-hydroxylation sites is 1. The summed E-state index contributed by atoms with van der Waals surface area (Å²) in [5, 5.41) is 4.77. The molecule has 0 aliphatic heterocycles. The molecule has 164 valence electrons. The second kappa shape index (κ2) is 8.76. The van der Waals surface area contributed by atoms with Crippen molar-refractivity contribution >= 4 is 22.6 Å². The number of benzene rings is 2. The van der Waals surface area contributed by atoms with Gasteiger partial charge in [-0.1, -0.05) is 35.9 Å². The van der Waals surface area contributed by atoms with Crippen molar-refractivity contribution in [2.45, 2.75) is 20.4 Å². The Labute approximate surface area is 186 Å². The Hall–Kier alpha value is -3.78. The van der Waals surface area contributed by atoms with Gasteiger partial charge in [-0.2, -0.15) is 5.10 Å². The van der Waals surface area contributed by atoms with Crippen molar-refractivity contribution in [1.82, 2.24) is 24.6 Å². The third-order valence-electron chi connectivity index (χ3n) is 5.44. The van der Waals surface area contributed by atoms with Gasteiger partial charge in [0.1, 0.15) is 11.2 Å². The van der Waals surface area contributed by atoms with Crippen LogP contribution in [0.3, 0.4) is 0 Å². The third-order valence-corrected chi connectivity index (χ3v) is 5.44. The van der Waals surface area contributed by atoms with E-state index in [1.807, 2.05) is 74.3 Å². The van der Waals surface area contributed by atoms with Gasteiger partial charge in [0.25, 0.3) is 5.56 Å². The molecule has 0 aliphatic carbocycles. The van der Waals surface area contributed by atoms with Crippen LogP contribution in [0, 0.1) is 13.8 Å². The fourth-order valence-electron chi connectivity index (χ4n) is 3.64. The van der Waals surface area contributed by atoms with Crippen molar-refractivity contribution in [3.05, 3.63) is 82.0 Å². The van der Waals surface area contributed by atoms with Crippen molar-refractivity contribution in [1.29, 1.82) is 0 Å². The summed E-state index contributed by atoms with van der Waals surface area (Å²) in [7, 11) is 3.59. The van der Waals surface area contributed by atoms with Crippen molar-refractivity contribution in [2.24, 2.45) is 0 Å². The lowest BCUT2D eigenvalue weighted by molar-refractivity contribution is -0.119. The third kappa shape index (κ3) is 4.31. The van der Waals surface area contributed by atoms with Gasteiger partial charge >= 0.3 is 0 Å². The summed E-state index contributed by atoms with van der Waals surface area (Å²) in [6.07, 6.45) is 1.52. The van der Waals surface area contributed by atoms with Gasteiger partial charge in [-0.3, -0.25) is 14.5 Å². The minimum absolute atomic E-state index is 0.0464. The number of carbonyl (C=O) groups is 1. The lowest BCUT2D eigenvalue weighted by atomic mass is 10.2. The molecular weight excluding hydrogens is 404 g/mol. The highest BCUT2D eigenvalue weighted by Crippen LogP contribution is 2.18. The highest BCUT2D eigenvalue weighted by Gasteiger charge is 2.17. The fraction of sp³-hybridized carbons (Fsp3) is 0.250. The van der Waals surface area contributed by atoms with Crippen LogP contribution >= 0.6 is 0 Å². The van der Waals surface area contributed by atoms with E-state index in [1.165, 1.54) is 6.20 Å². The first-order valence-corrected chi connectivity index (χ1v) is 10.4. The molecule has 0 atom stereocenters. The van der Waals surface area contributed by atoms with Crippen LogP contribution in [0.5, 0.6) is 0 Å². The van der Waals surface area contributed by atoms with E-state index in [2.05, 4.69) is 15.1 Å². The Morgan fingerprint density at radius 1 is 1.06 bits per heavy atom. The van der Waals surface area contributed by atoms with Crippen molar-refractivity contribution in [3.63, 3.8) is 0 Å². The number of fused-ring (bicyclic) bond motifs is 1. The topological polar surface area (TPSA) is 87.1 Å². The van der Waals surface area contributed by atoms with Crippen LogP contribution in [0.1, 0.15) is 17.0 Å². The molecule has 4 rings (SSSR count). The van der Waals surface area contributed by atoms with Crippen LogP contribution in [-0.2, 0) is 11.3 Å². The average Bonchev–Trinajstić information content (AvgIpc) is 3.18. The lowest BCUT2D eigenvalue weighted by Gasteiger charge is -2.23. The molecule has 32 heavy (non-hydrogen) atoms. The summed E-state index contributed by atoms with van der Waals surface area (Å²) in [5.74, 6) is 0.431. The second-order valence-corrected chi connectivity index (χ2v) is 8.05. The molecule has 4 aromatic rings. The van der Waals surface area contributed by atoms with Crippen molar-refractivity contribution in [3.8, 4) is 5.69 Å². The van der Waals surface area contributed by atoms with E-state index in [1.54, 1.807) is 16.6 Å². The smallest absolute Gasteiger partial charge is 0.262 e. The Morgan fingerprint density at radius 2 is 1.78 bits per heavy atom. The molecule has 1 amide bonds. The quantitative estimate of drug-likeness (QED) is 0.508. The first-order chi connectivity index (χ1) is 15.3. The number of H-pyrrole nitrogens is 1. The molecule has 0 fully saturated rings. The van der Waals surface area contributed by atoms with Gasteiger partial charge in [0.2, 0.25) is 5.91 Å². The number of carbonyl (C=O) groups excluding carboxylic acids is 1. The molecule has 0 saturated heterocycles. The minimum Gasteiger partial charge on any atom is -0.314 e. The molecule has 2 aromatic heterocycles. The summed E-state index contributed by atoms with van der Waals surface area (Å²) in [6.45, 7) is 4.49. The van der Waals surface area contributed by atoms with E-state index in [9.17, 15) is 9.59 Å². The summed E-state index contributed by atoms with van der Waals surface area (Å²) >= 11 is 0. The Kier molecular flexibility index (Phi) is 5.87. The summed E-state index contributed by atoms with van der Waals surface area (Å²) in [5.41, 5.74) is 4.12. The summed E-state index contributed by atoms with van der Waals surface area (Å²) in [6, 6.07) is 15.6. The molecule has 8 nitrogen and oxygen atoms in total. The van der Waals surface area contributed by atoms with Gasteiger partial charge in [0.15, 0.2) is 5.65 Å². The molecular formula is C24H26N6O2. The Balaban J connectivity index is 1.54. The average molecular weight is 431 g/mol. The van der Waals surface area contributed by atoms with Crippen LogP contribution in [0.4, 0.5) is 5.69 Å². The van der Waals surface area contributed by atoms with Gasteiger partial charge in [0, 0.05) is 12.7 Å². The maximum absolute atomic E-state index is 12.8. The highest BCUT2D eigenvalue weighted by molar-refractivity contribution is 5.94. The Bertz CT molecular complexity index is 1320. The number of nitrogens with one attached hydrogen (secondary N) is 1. The van der Waals surface area contributed by atoms with Crippen LogP contribution < -0.4 is 10.5 Å². The first-order valence-electron chi connectivity index (χ1n) is 10.4. The van der Waals surface area contributed by atoms with Gasteiger partial charge < -0.3 is 9.88 Å². The number of hydrogen-bond donors (Lipinski definition) is 1. The van der Waals surface area contributed by atoms with Gasteiger partial charge in [-0.25, -0.2) is 9.67 Å². The number of likely N-dealkylation sites (N-methyl/N-ethyl adjacent to an activating group) is 2. The Morgan fingerprint density at radius 3 is 2.50 bits per heavy atom. The normalized spacial score (nSPS) is 11.3. The number of amides is 1. The number of aromatic nitrogens is 4. The molecule has 0 aliphatic rings. The molecule has 0 radical (unpaired) electrons. The van der Waals surface area contributed by atoms with Crippen LogP contribution in [0.15, 0.2) is 59.5 Å². The number of aromatic amines is 1.